The number of pyridine rings is 1. The molecule has 1 aliphatic rings. The fourth-order valence-electron chi connectivity index (χ4n) is 3.72. The van der Waals surface area contributed by atoms with E-state index in [0.29, 0.717) is 19.6 Å². The number of carbonyl (C=O) groups excluding carboxylic acids is 1. The predicted molar refractivity (Wildman–Crippen MR) is 102 cm³/mol. The monoisotopic (exact) mass is 383 g/mol. The molecule has 0 bridgehead atoms. The molecule has 6 nitrogen and oxygen atoms in total. The number of hydrogen-bond donors (Lipinski definition) is 1. The van der Waals surface area contributed by atoms with Gasteiger partial charge in [0.15, 0.2) is 0 Å². The minimum atomic E-state index is -0.476. The van der Waals surface area contributed by atoms with Crippen molar-refractivity contribution in [1.29, 1.82) is 0 Å². The summed E-state index contributed by atoms with van der Waals surface area (Å²) in [7, 11) is 1.33. The number of carbonyl (C=O) groups is 1. The maximum Gasteiger partial charge on any atom is 0.356 e. The van der Waals surface area contributed by atoms with Crippen molar-refractivity contribution in [2.75, 3.05) is 20.2 Å². The van der Waals surface area contributed by atoms with E-state index in [0.717, 1.165) is 35.0 Å². The van der Waals surface area contributed by atoms with Gasteiger partial charge >= 0.3 is 5.97 Å². The van der Waals surface area contributed by atoms with Crippen LogP contribution in [0, 0.1) is 5.82 Å². The third kappa shape index (κ3) is 3.76. The molecule has 3 heterocycles. The average molecular weight is 383 g/mol. The number of benzene rings is 1. The molecule has 1 aliphatic heterocycles. The van der Waals surface area contributed by atoms with Gasteiger partial charge in [-0.15, -0.1) is 0 Å². The van der Waals surface area contributed by atoms with Gasteiger partial charge in [0.25, 0.3) is 0 Å². The number of rotatable bonds is 5. The highest BCUT2D eigenvalue weighted by Gasteiger charge is 2.22. The van der Waals surface area contributed by atoms with E-state index in [1.54, 1.807) is 24.4 Å². The lowest BCUT2D eigenvalue weighted by atomic mass is 10.1. The molecule has 1 saturated heterocycles. The fraction of sp³-hybridized carbons (Fsp3) is 0.333. The van der Waals surface area contributed by atoms with E-state index in [2.05, 4.69) is 14.5 Å². The quantitative estimate of drug-likeness (QED) is 0.686. The van der Waals surface area contributed by atoms with Gasteiger partial charge in [0, 0.05) is 37.8 Å². The van der Waals surface area contributed by atoms with Gasteiger partial charge in [-0.25, -0.2) is 14.2 Å². The molecule has 1 N–H and O–H groups in total. The maximum absolute atomic E-state index is 13.2. The molecule has 0 aliphatic carbocycles. The zero-order chi connectivity index (χ0) is 19.7. The molecular formula is C21H22FN3O3. The van der Waals surface area contributed by atoms with Crippen LogP contribution in [0.15, 0.2) is 42.7 Å². The fourth-order valence-corrected chi connectivity index (χ4v) is 3.72. The number of likely N-dealkylation sites (tertiary alicyclic amines) is 1. The summed E-state index contributed by atoms with van der Waals surface area (Å²) in [5.41, 5.74) is 3.18. The first-order valence-electron chi connectivity index (χ1n) is 9.24. The molecule has 1 aromatic carbocycles. The molecule has 0 unspecified atom stereocenters. The van der Waals surface area contributed by atoms with Crippen LogP contribution < -0.4 is 0 Å². The minimum Gasteiger partial charge on any atom is -0.464 e. The highest BCUT2D eigenvalue weighted by atomic mass is 19.1. The van der Waals surface area contributed by atoms with Gasteiger partial charge < -0.3 is 14.4 Å². The van der Waals surface area contributed by atoms with E-state index in [4.69, 9.17) is 4.74 Å². The average Bonchev–Trinajstić information content (AvgIpc) is 3.26. The number of aliphatic hydroxyl groups is 1. The van der Waals surface area contributed by atoms with Crippen LogP contribution >= 0.6 is 0 Å². The Balaban J connectivity index is 1.72. The van der Waals surface area contributed by atoms with Gasteiger partial charge in [-0.05, 0) is 35.7 Å². The third-order valence-corrected chi connectivity index (χ3v) is 5.15. The van der Waals surface area contributed by atoms with Crippen LogP contribution in [0.2, 0.25) is 0 Å². The molecule has 0 radical (unpaired) electrons. The number of esters is 1. The summed E-state index contributed by atoms with van der Waals surface area (Å²) in [6.45, 7) is 2.72. The smallest absolute Gasteiger partial charge is 0.356 e. The summed E-state index contributed by atoms with van der Waals surface area (Å²) >= 11 is 0. The molecule has 0 saturated carbocycles. The zero-order valence-corrected chi connectivity index (χ0v) is 15.6. The van der Waals surface area contributed by atoms with E-state index in [9.17, 15) is 14.3 Å². The second-order valence-corrected chi connectivity index (χ2v) is 7.16. The SMILES string of the molecule is COC(=O)c1cc2c(CN3CC[C@@H](O)C3)cn(Cc3ccc(F)cc3)c2cn1. The van der Waals surface area contributed by atoms with Gasteiger partial charge in [-0.3, -0.25) is 4.90 Å². The van der Waals surface area contributed by atoms with Crippen LogP contribution in [0.1, 0.15) is 28.0 Å². The van der Waals surface area contributed by atoms with Crippen molar-refractivity contribution in [2.45, 2.75) is 25.6 Å². The van der Waals surface area contributed by atoms with Crippen LogP contribution in [0.5, 0.6) is 0 Å². The standard InChI is InChI=1S/C21H22FN3O3/c1-28-21(27)19-8-18-15(11-24-7-6-17(26)13-24)12-25(20(18)9-23-19)10-14-2-4-16(22)5-3-14/h2-5,8-9,12,17,26H,6-7,10-11,13H2,1H3/t17-/m1/s1. The lowest BCUT2D eigenvalue weighted by Gasteiger charge is -2.14. The number of aromatic nitrogens is 2. The highest BCUT2D eigenvalue weighted by Crippen LogP contribution is 2.26. The summed E-state index contributed by atoms with van der Waals surface area (Å²) in [4.78, 5) is 18.4. The molecule has 146 valence electrons. The summed E-state index contributed by atoms with van der Waals surface area (Å²) < 4.78 is 20.1. The Hall–Kier alpha value is -2.77. The number of ether oxygens (including phenoxy) is 1. The number of hydrogen-bond acceptors (Lipinski definition) is 5. The van der Waals surface area contributed by atoms with Crippen molar-refractivity contribution < 1.29 is 19.0 Å². The Morgan fingerprint density at radius 3 is 2.79 bits per heavy atom. The molecule has 28 heavy (non-hydrogen) atoms. The second-order valence-electron chi connectivity index (χ2n) is 7.16. The first-order chi connectivity index (χ1) is 13.5. The van der Waals surface area contributed by atoms with E-state index in [-0.39, 0.29) is 17.6 Å². The number of nitrogens with zero attached hydrogens (tertiary/aromatic N) is 3. The number of aliphatic hydroxyl groups excluding tert-OH is 1. The summed E-state index contributed by atoms with van der Waals surface area (Å²) in [5.74, 6) is -0.741. The Morgan fingerprint density at radius 2 is 2.11 bits per heavy atom. The molecule has 1 atom stereocenters. The van der Waals surface area contributed by atoms with Crippen LogP contribution in [-0.4, -0.2) is 51.8 Å². The Labute approximate surface area is 162 Å². The molecular weight excluding hydrogens is 361 g/mol. The number of fused-ring (bicyclic) bond motifs is 1. The largest absolute Gasteiger partial charge is 0.464 e. The van der Waals surface area contributed by atoms with Crippen LogP contribution in [0.4, 0.5) is 4.39 Å². The molecule has 7 heteroatoms. The second kappa shape index (κ2) is 7.69. The summed E-state index contributed by atoms with van der Waals surface area (Å²) in [6, 6.07) is 8.16. The summed E-state index contributed by atoms with van der Waals surface area (Å²) in [6.07, 6.45) is 4.19. The molecule has 4 rings (SSSR count). The van der Waals surface area contributed by atoms with Gasteiger partial charge in [-0.2, -0.15) is 0 Å². The third-order valence-electron chi connectivity index (χ3n) is 5.15. The molecule has 1 fully saturated rings. The van der Waals surface area contributed by atoms with Crippen molar-refractivity contribution in [2.24, 2.45) is 0 Å². The lowest BCUT2D eigenvalue weighted by molar-refractivity contribution is 0.0594. The first-order valence-corrected chi connectivity index (χ1v) is 9.24. The van der Waals surface area contributed by atoms with Gasteiger partial charge in [-0.1, -0.05) is 12.1 Å². The molecule has 0 spiro atoms. The van der Waals surface area contributed by atoms with Crippen LogP contribution in [-0.2, 0) is 17.8 Å². The Kier molecular flexibility index (Phi) is 5.11. The molecule has 2 aromatic heterocycles. The Morgan fingerprint density at radius 1 is 1.32 bits per heavy atom. The van der Waals surface area contributed by atoms with Crippen molar-refractivity contribution in [3.63, 3.8) is 0 Å². The minimum absolute atomic E-state index is 0.261. The van der Waals surface area contributed by atoms with Gasteiger partial charge in [0.1, 0.15) is 11.5 Å². The number of β-amino-alcohol motifs (C(OH)–C–C–N with tert-alkyl or cyclic N) is 1. The maximum atomic E-state index is 13.2. The van der Waals surface area contributed by atoms with E-state index in [1.807, 2.05) is 6.20 Å². The predicted octanol–water partition coefficient (Wildman–Crippen LogP) is 2.58. The zero-order valence-electron chi connectivity index (χ0n) is 15.6. The molecule has 3 aromatic rings. The van der Waals surface area contributed by atoms with Crippen molar-refractivity contribution >= 4 is 16.9 Å². The van der Waals surface area contributed by atoms with Crippen molar-refractivity contribution in [1.82, 2.24) is 14.5 Å². The van der Waals surface area contributed by atoms with E-state index < -0.39 is 5.97 Å². The van der Waals surface area contributed by atoms with Gasteiger partial charge in [0.05, 0.1) is 24.9 Å². The normalized spacial score (nSPS) is 17.3. The summed E-state index contributed by atoms with van der Waals surface area (Å²) in [5, 5.41) is 10.7. The number of halogens is 1. The van der Waals surface area contributed by atoms with E-state index in [1.165, 1.54) is 19.2 Å². The Bertz CT molecular complexity index is 1000. The van der Waals surface area contributed by atoms with E-state index >= 15 is 0 Å². The first kappa shape index (κ1) is 18.6. The number of methoxy groups -OCH3 is 1. The molecule has 0 amide bonds. The van der Waals surface area contributed by atoms with Crippen molar-refractivity contribution in [3.8, 4) is 0 Å². The van der Waals surface area contributed by atoms with Gasteiger partial charge in [0.2, 0.25) is 0 Å². The lowest BCUT2D eigenvalue weighted by Crippen LogP contribution is -2.21. The van der Waals surface area contributed by atoms with Crippen LogP contribution in [0.25, 0.3) is 10.9 Å². The highest BCUT2D eigenvalue weighted by molar-refractivity contribution is 5.93. The van der Waals surface area contributed by atoms with Crippen molar-refractivity contribution in [3.05, 3.63) is 65.4 Å². The van der Waals surface area contributed by atoms with Crippen LogP contribution in [0.3, 0.4) is 0 Å². The topological polar surface area (TPSA) is 67.6 Å².